The largest absolute Gasteiger partial charge is 0.326 e. The topological polar surface area (TPSA) is 69.1 Å². The molecule has 4 N–H and O–H groups in total. The maximum Gasteiger partial charge on any atom is 0.136 e. The molecule has 1 unspecified atom stereocenters. The van der Waals surface area contributed by atoms with Gasteiger partial charge in [-0.05, 0) is 26.7 Å². The summed E-state index contributed by atoms with van der Waals surface area (Å²) in [5, 5.41) is 0. The van der Waals surface area contributed by atoms with Gasteiger partial charge in [0.15, 0.2) is 0 Å². The van der Waals surface area contributed by atoms with E-state index in [1.165, 1.54) is 0 Å². The van der Waals surface area contributed by atoms with Gasteiger partial charge in [0, 0.05) is 5.54 Å². The van der Waals surface area contributed by atoms with E-state index in [9.17, 15) is 4.79 Å². The van der Waals surface area contributed by atoms with Crippen molar-refractivity contribution < 1.29 is 4.79 Å². The van der Waals surface area contributed by atoms with Crippen molar-refractivity contribution >= 4 is 6.29 Å². The van der Waals surface area contributed by atoms with Crippen LogP contribution in [0.3, 0.4) is 0 Å². The average Bonchev–Trinajstić information content (AvgIpc) is 2.03. The van der Waals surface area contributed by atoms with Gasteiger partial charge in [0.2, 0.25) is 0 Å². The second-order valence-corrected chi connectivity index (χ2v) is 4.32. The van der Waals surface area contributed by atoms with Gasteiger partial charge in [0.1, 0.15) is 6.29 Å². The van der Waals surface area contributed by atoms with E-state index in [0.717, 1.165) is 6.29 Å². The van der Waals surface area contributed by atoms with Crippen LogP contribution in [0.25, 0.3) is 0 Å². The fraction of sp³-hybridized carbons (Fsp3) is 0.909. The molecular formula is C11H28N2O. The first-order chi connectivity index (χ1) is 6.18. The fourth-order valence-corrected chi connectivity index (χ4v) is 0.157. The third-order valence-corrected chi connectivity index (χ3v) is 0.927. The monoisotopic (exact) mass is 204 g/mol. The Labute approximate surface area is 89.2 Å². The van der Waals surface area contributed by atoms with Gasteiger partial charge in [-0.25, -0.2) is 0 Å². The Morgan fingerprint density at radius 2 is 1.36 bits per heavy atom. The first-order valence-corrected chi connectivity index (χ1v) is 5.18. The third-order valence-electron chi connectivity index (χ3n) is 0.927. The minimum absolute atomic E-state index is 0. The lowest BCUT2D eigenvalue weighted by atomic mass is 10.1. The molecule has 1 atom stereocenters. The van der Waals surface area contributed by atoms with Crippen LogP contribution in [0.4, 0.5) is 0 Å². The maximum absolute atomic E-state index is 9.82. The molecule has 0 aliphatic rings. The van der Waals surface area contributed by atoms with Crippen LogP contribution in [0, 0.1) is 5.92 Å². The minimum atomic E-state index is -0.278. The highest BCUT2D eigenvalue weighted by Gasteiger charge is 2.02. The van der Waals surface area contributed by atoms with Crippen molar-refractivity contribution in [3.8, 4) is 0 Å². The number of aldehydes is 1. The molecule has 14 heavy (non-hydrogen) atoms. The summed E-state index contributed by atoms with van der Waals surface area (Å²) in [5.74, 6) is 0.275. The smallest absolute Gasteiger partial charge is 0.136 e. The van der Waals surface area contributed by atoms with Crippen molar-refractivity contribution in [3.63, 3.8) is 0 Å². The van der Waals surface area contributed by atoms with Gasteiger partial charge in [0.25, 0.3) is 0 Å². The van der Waals surface area contributed by atoms with Crippen LogP contribution in [0.5, 0.6) is 0 Å². The van der Waals surface area contributed by atoms with Crippen molar-refractivity contribution in [2.45, 2.75) is 60.0 Å². The van der Waals surface area contributed by atoms with Crippen LogP contribution >= 0.6 is 0 Å². The number of carbonyl (C=O) groups excluding carboxylic acids is 1. The molecule has 88 valence electrons. The Morgan fingerprint density at radius 3 is 1.36 bits per heavy atom. The first kappa shape index (κ1) is 19.2. The van der Waals surface area contributed by atoms with E-state index in [2.05, 4.69) is 0 Å². The zero-order valence-corrected chi connectivity index (χ0v) is 10.8. The summed E-state index contributed by atoms with van der Waals surface area (Å²) in [5.41, 5.74) is 10.6. The van der Waals surface area contributed by atoms with E-state index >= 15 is 0 Å². The highest BCUT2D eigenvalue weighted by atomic mass is 16.1. The molecule has 0 saturated carbocycles. The summed E-state index contributed by atoms with van der Waals surface area (Å²) in [7, 11) is 0. The van der Waals surface area contributed by atoms with Crippen LogP contribution in [0.15, 0.2) is 0 Å². The Morgan fingerprint density at radius 1 is 1.14 bits per heavy atom. The summed E-state index contributed by atoms with van der Waals surface area (Å²) >= 11 is 0. The first-order valence-electron chi connectivity index (χ1n) is 5.18. The van der Waals surface area contributed by atoms with Crippen LogP contribution < -0.4 is 11.5 Å². The highest BCUT2D eigenvalue weighted by Crippen LogP contribution is 1.92. The summed E-state index contributed by atoms with van der Waals surface area (Å²) < 4.78 is 0. The molecular weight excluding hydrogens is 176 g/mol. The lowest BCUT2D eigenvalue weighted by Gasteiger charge is -2.06. The third kappa shape index (κ3) is 41.6. The quantitative estimate of drug-likeness (QED) is 0.675. The number of hydrogen-bond donors (Lipinski definition) is 2. The van der Waals surface area contributed by atoms with Crippen molar-refractivity contribution in [2.24, 2.45) is 17.4 Å². The van der Waals surface area contributed by atoms with Gasteiger partial charge < -0.3 is 16.3 Å². The molecule has 0 aliphatic carbocycles. The molecule has 0 rings (SSSR count). The summed E-state index contributed by atoms with van der Waals surface area (Å²) in [6.07, 6.45) is 0.769. The molecule has 0 fully saturated rings. The van der Waals surface area contributed by atoms with Gasteiger partial charge in [0.05, 0.1) is 6.04 Å². The molecule has 0 spiro atoms. The number of hydrogen-bond acceptors (Lipinski definition) is 3. The molecule has 0 aromatic rings. The van der Waals surface area contributed by atoms with Crippen LogP contribution in [0.2, 0.25) is 0 Å². The molecule has 0 aromatic heterocycles. The van der Waals surface area contributed by atoms with Crippen LogP contribution in [-0.4, -0.2) is 17.9 Å². The predicted octanol–water partition coefficient (Wildman–Crippen LogP) is 1.94. The summed E-state index contributed by atoms with van der Waals surface area (Å²) in [4.78, 5) is 9.82. The van der Waals surface area contributed by atoms with E-state index in [1.54, 1.807) is 0 Å². The Kier molecular flexibility index (Phi) is 14.6. The molecule has 0 amide bonds. The summed E-state index contributed by atoms with van der Waals surface area (Å²) in [6, 6.07) is -0.278. The Hall–Kier alpha value is -0.410. The van der Waals surface area contributed by atoms with Crippen LogP contribution in [0.1, 0.15) is 48.5 Å². The second kappa shape index (κ2) is 10.7. The van der Waals surface area contributed by atoms with Crippen LogP contribution in [-0.2, 0) is 4.79 Å². The zero-order valence-electron chi connectivity index (χ0n) is 10.8. The molecule has 0 aliphatic heterocycles. The fourth-order valence-electron chi connectivity index (χ4n) is 0.157. The van der Waals surface area contributed by atoms with E-state index in [0.29, 0.717) is 0 Å². The van der Waals surface area contributed by atoms with E-state index < -0.39 is 0 Å². The van der Waals surface area contributed by atoms with Gasteiger partial charge >= 0.3 is 0 Å². The Bertz CT molecular complexity index is 111. The van der Waals surface area contributed by atoms with Crippen molar-refractivity contribution in [3.05, 3.63) is 0 Å². The molecule has 0 saturated heterocycles. The summed E-state index contributed by atoms with van der Waals surface area (Å²) in [6.45, 7) is 13.7. The van der Waals surface area contributed by atoms with Crippen molar-refractivity contribution in [1.82, 2.24) is 0 Å². The van der Waals surface area contributed by atoms with Crippen molar-refractivity contribution in [1.29, 1.82) is 0 Å². The van der Waals surface area contributed by atoms with E-state index in [-0.39, 0.29) is 17.5 Å². The average molecular weight is 204 g/mol. The number of nitrogens with two attached hydrogens (primary N) is 2. The molecule has 0 radical (unpaired) electrons. The lowest BCUT2D eigenvalue weighted by Crippen LogP contribution is -2.27. The lowest BCUT2D eigenvalue weighted by molar-refractivity contribution is -0.109. The van der Waals surface area contributed by atoms with E-state index in [1.807, 2.05) is 48.5 Å². The predicted molar refractivity (Wildman–Crippen MR) is 64.2 cm³/mol. The number of carbonyl (C=O) groups is 1. The number of rotatable bonds is 2. The zero-order chi connectivity index (χ0) is 12.4. The normalized spacial score (nSPS) is 11.9. The minimum Gasteiger partial charge on any atom is -0.326 e. The van der Waals surface area contributed by atoms with E-state index in [4.69, 9.17) is 11.5 Å². The van der Waals surface area contributed by atoms with Gasteiger partial charge in [-0.3, -0.25) is 0 Å². The SMILES string of the molecule is CC.CC(C)(C)N.CC(C)C(N)C=O. The molecule has 3 heteroatoms. The molecule has 3 nitrogen and oxygen atoms in total. The highest BCUT2D eigenvalue weighted by molar-refractivity contribution is 5.57. The Balaban J connectivity index is -0.000000152. The van der Waals surface area contributed by atoms with Gasteiger partial charge in [-0.15, -0.1) is 0 Å². The van der Waals surface area contributed by atoms with Crippen molar-refractivity contribution in [2.75, 3.05) is 0 Å². The maximum atomic E-state index is 9.82. The molecule has 0 bridgehead atoms. The van der Waals surface area contributed by atoms with Gasteiger partial charge in [-0.2, -0.15) is 0 Å². The standard InChI is InChI=1S/C5H11NO.C4H11N.C2H6/c1-4(2)5(6)3-7;1-4(2,3)5;1-2/h3-5H,6H2,1-2H3;5H2,1-3H3;1-2H3. The van der Waals surface area contributed by atoms with Gasteiger partial charge in [-0.1, -0.05) is 27.7 Å². The second-order valence-electron chi connectivity index (χ2n) is 4.32. The molecule has 0 aromatic carbocycles. The molecule has 0 heterocycles.